The number of allylic oxidation sites excluding steroid dienone is 3. The minimum atomic E-state index is -0.267. The van der Waals surface area contributed by atoms with Gasteiger partial charge < -0.3 is 15.5 Å². The summed E-state index contributed by atoms with van der Waals surface area (Å²) in [4.78, 5) is 16.7. The standard InChI is InChI=1S/C20H25ClN6O/c1-13-12-14(17(22)16(21)19(13)28)24-18-15-8-5-6-10-26(15)25-20(18)23-9-7-11-27(2,3)4/h5-6,8,10,12H,7,9,11H2,1-4H3,(H2-,22,23,25,28)/p+1/b24-14+. The number of nitrogens with one attached hydrogen (secondary N) is 1. The molecular weight excluding hydrogens is 376 g/mol. The zero-order valence-corrected chi connectivity index (χ0v) is 17.4. The van der Waals surface area contributed by atoms with Gasteiger partial charge in [-0.05, 0) is 25.1 Å². The van der Waals surface area contributed by atoms with Crippen molar-refractivity contribution in [1.29, 1.82) is 0 Å². The smallest absolute Gasteiger partial charge is 0.202 e. The number of aliphatic imine (C=N–C) groups is 1. The van der Waals surface area contributed by atoms with E-state index in [9.17, 15) is 4.79 Å². The Hall–Kier alpha value is -2.64. The van der Waals surface area contributed by atoms with Crippen molar-refractivity contribution >= 4 is 40.1 Å². The summed E-state index contributed by atoms with van der Waals surface area (Å²) in [6.45, 7) is 3.52. The van der Waals surface area contributed by atoms with Crippen LogP contribution in [0.25, 0.3) is 5.52 Å². The number of rotatable bonds is 6. The number of pyridine rings is 1. The summed E-state index contributed by atoms with van der Waals surface area (Å²) < 4.78 is 2.67. The van der Waals surface area contributed by atoms with Gasteiger partial charge in [-0.1, -0.05) is 17.7 Å². The predicted octanol–water partition coefficient (Wildman–Crippen LogP) is 2.85. The lowest BCUT2D eigenvalue weighted by Gasteiger charge is -2.23. The first-order valence-electron chi connectivity index (χ1n) is 9.16. The van der Waals surface area contributed by atoms with Crippen LogP contribution in [0.2, 0.25) is 0 Å². The Bertz CT molecular complexity index is 1010. The van der Waals surface area contributed by atoms with Crippen LogP contribution in [0, 0.1) is 0 Å². The minimum absolute atomic E-state index is 0.00711. The van der Waals surface area contributed by atoms with Crippen molar-refractivity contribution in [1.82, 2.24) is 9.61 Å². The van der Waals surface area contributed by atoms with Gasteiger partial charge in [-0.2, -0.15) is 0 Å². The van der Waals surface area contributed by atoms with E-state index in [1.54, 1.807) is 17.5 Å². The molecule has 0 unspecified atom stereocenters. The third-order valence-electron chi connectivity index (χ3n) is 4.47. The Kier molecular flexibility index (Phi) is 5.58. The van der Waals surface area contributed by atoms with Gasteiger partial charge in [0.25, 0.3) is 0 Å². The molecule has 3 rings (SSSR count). The normalized spacial score (nSPS) is 16.8. The number of Topliss-reactive ketones (excluding diaryl/α,β-unsaturated/α-hetero) is 1. The lowest BCUT2D eigenvalue weighted by Crippen LogP contribution is -2.36. The van der Waals surface area contributed by atoms with Crippen LogP contribution in [0.4, 0.5) is 11.5 Å². The number of halogens is 1. The van der Waals surface area contributed by atoms with E-state index in [1.165, 1.54) is 0 Å². The maximum atomic E-state index is 12.0. The maximum absolute atomic E-state index is 12.0. The Balaban J connectivity index is 1.97. The van der Waals surface area contributed by atoms with Gasteiger partial charge in [-0.25, -0.2) is 9.51 Å². The molecule has 2 aromatic heterocycles. The van der Waals surface area contributed by atoms with Crippen LogP contribution < -0.4 is 11.1 Å². The second kappa shape index (κ2) is 7.77. The van der Waals surface area contributed by atoms with Crippen molar-refractivity contribution in [2.45, 2.75) is 13.3 Å². The molecule has 7 nitrogen and oxygen atoms in total. The van der Waals surface area contributed by atoms with Gasteiger partial charge in [-0.3, -0.25) is 4.79 Å². The maximum Gasteiger partial charge on any atom is 0.202 e. The first-order valence-corrected chi connectivity index (χ1v) is 9.54. The molecule has 1 aliphatic rings. The number of carbonyl (C=O) groups excluding carboxylic acids is 1. The van der Waals surface area contributed by atoms with Crippen LogP contribution in [-0.2, 0) is 4.79 Å². The lowest BCUT2D eigenvalue weighted by molar-refractivity contribution is -0.870. The summed E-state index contributed by atoms with van der Waals surface area (Å²) in [6.07, 6.45) is 4.53. The van der Waals surface area contributed by atoms with E-state index < -0.39 is 0 Å². The molecule has 148 valence electrons. The van der Waals surface area contributed by atoms with E-state index in [1.807, 2.05) is 24.4 Å². The number of hydrogen-bond donors (Lipinski definition) is 2. The van der Waals surface area contributed by atoms with Gasteiger partial charge in [0, 0.05) is 24.7 Å². The number of hydrogen-bond acceptors (Lipinski definition) is 5. The minimum Gasteiger partial charge on any atom is -0.396 e. The van der Waals surface area contributed by atoms with Crippen molar-refractivity contribution in [3.8, 4) is 0 Å². The Morgan fingerprint density at radius 1 is 1.32 bits per heavy atom. The van der Waals surface area contributed by atoms with Gasteiger partial charge in [0.05, 0.1) is 44.6 Å². The third kappa shape index (κ3) is 4.26. The van der Waals surface area contributed by atoms with Crippen molar-refractivity contribution in [2.75, 3.05) is 39.5 Å². The molecule has 0 aromatic carbocycles. The fraction of sp³-hybridized carbons (Fsp3) is 0.350. The summed E-state index contributed by atoms with van der Waals surface area (Å²) in [5, 5.41) is 8.00. The van der Waals surface area contributed by atoms with Crippen LogP contribution in [0.15, 0.2) is 51.8 Å². The quantitative estimate of drug-likeness (QED) is 0.443. The largest absolute Gasteiger partial charge is 0.396 e. The molecule has 3 N–H and O–H groups in total. The molecule has 0 amide bonds. The lowest BCUT2D eigenvalue weighted by atomic mass is 10.0. The van der Waals surface area contributed by atoms with Crippen LogP contribution in [0.5, 0.6) is 0 Å². The van der Waals surface area contributed by atoms with Gasteiger partial charge >= 0.3 is 0 Å². The molecule has 0 aliphatic heterocycles. The predicted molar refractivity (Wildman–Crippen MR) is 114 cm³/mol. The summed E-state index contributed by atoms with van der Waals surface area (Å²) in [7, 11) is 6.50. The van der Waals surface area contributed by atoms with Gasteiger partial charge in [0.15, 0.2) is 5.82 Å². The monoisotopic (exact) mass is 401 g/mol. The molecular formula is C20H26ClN6O+. The van der Waals surface area contributed by atoms with E-state index in [-0.39, 0.29) is 16.5 Å². The summed E-state index contributed by atoms with van der Waals surface area (Å²) in [5.74, 6) is 0.406. The number of fused-ring (bicyclic) bond motifs is 1. The number of nitrogens with two attached hydrogens (primary N) is 1. The Morgan fingerprint density at radius 3 is 2.79 bits per heavy atom. The highest BCUT2D eigenvalue weighted by Gasteiger charge is 2.23. The van der Waals surface area contributed by atoms with Crippen molar-refractivity contribution in [2.24, 2.45) is 10.7 Å². The van der Waals surface area contributed by atoms with Gasteiger partial charge in [0.1, 0.15) is 10.7 Å². The van der Waals surface area contributed by atoms with Crippen LogP contribution >= 0.6 is 11.6 Å². The molecule has 0 saturated heterocycles. The van der Waals surface area contributed by atoms with Crippen LogP contribution in [-0.4, -0.2) is 59.8 Å². The first kappa shape index (κ1) is 20.1. The average molecular weight is 402 g/mol. The van der Waals surface area contributed by atoms with Crippen LogP contribution in [0.3, 0.4) is 0 Å². The van der Waals surface area contributed by atoms with E-state index >= 15 is 0 Å². The fourth-order valence-electron chi connectivity index (χ4n) is 2.94. The van der Waals surface area contributed by atoms with E-state index in [0.29, 0.717) is 22.8 Å². The number of nitrogens with zero attached hydrogens (tertiary/aromatic N) is 4. The van der Waals surface area contributed by atoms with E-state index in [4.69, 9.17) is 22.3 Å². The molecule has 2 heterocycles. The number of carbonyl (C=O) groups is 1. The summed E-state index contributed by atoms with van der Waals surface area (Å²) in [6, 6.07) is 5.78. The molecule has 28 heavy (non-hydrogen) atoms. The summed E-state index contributed by atoms with van der Waals surface area (Å²) in [5.41, 5.74) is 8.73. The summed E-state index contributed by atoms with van der Waals surface area (Å²) >= 11 is 6.10. The Labute approximate surface area is 169 Å². The number of anilines is 1. The molecule has 0 radical (unpaired) electrons. The van der Waals surface area contributed by atoms with E-state index in [0.717, 1.165) is 29.5 Å². The molecule has 0 spiro atoms. The highest BCUT2D eigenvalue weighted by atomic mass is 35.5. The molecule has 1 aliphatic carbocycles. The second-order valence-corrected chi connectivity index (χ2v) is 8.28. The number of ketones is 1. The van der Waals surface area contributed by atoms with Crippen molar-refractivity contribution in [3.63, 3.8) is 0 Å². The van der Waals surface area contributed by atoms with Crippen LogP contribution in [0.1, 0.15) is 13.3 Å². The molecule has 0 bridgehead atoms. The van der Waals surface area contributed by atoms with Gasteiger partial charge in [0.2, 0.25) is 5.78 Å². The molecule has 0 saturated carbocycles. The average Bonchev–Trinajstić information content (AvgIpc) is 2.98. The molecule has 0 fully saturated rings. The van der Waals surface area contributed by atoms with Gasteiger partial charge in [-0.15, -0.1) is 5.10 Å². The first-order chi connectivity index (χ1) is 13.2. The number of quaternary nitrogens is 1. The fourth-order valence-corrected chi connectivity index (χ4v) is 3.19. The molecule has 0 atom stereocenters. The number of aromatic nitrogens is 2. The Morgan fingerprint density at radius 2 is 2.07 bits per heavy atom. The third-order valence-corrected chi connectivity index (χ3v) is 4.84. The van der Waals surface area contributed by atoms with Crippen molar-refractivity contribution in [3.05, 3.63) is 46.8 Å². The molecule has 2 aromatic rings. The molecule has 8 heteroatoms. The highest BCUT2D eigenvalue weighted by molar-refractivity contribution is 6.49. The highest BCUT2D eigenvalue weighted by Crippen LogP contribution is 2.32. The van der Waals surface area contributed by atoms with Crippen molar-refractivity contribution < 1.29 is 9.28 Å². The zero-order chi connectivity index (χ0) is 20.5. The van der Waals surface area contributed by atoms with E-state index in [2.05, 4.69) is 31.6 Å². The zero-order valence-electron chi connectivity index (χ0n) is 16.7. The SMILES string of the molecule is CC1=C/C(=N\c2c(NCCC[N+](C)(C)C)nn3ccccc23)C(N)=C(Cl)C1=O. The second-order valence-electron chi connectivity index (χ2n) is 7.90. The topological polar surface area (TPSA) is 84.8 Å².